The Kier molecular flexibility index (Phi) is 4.23. The number of halogens is 1. The number of rotatable bonds is 5. The van der Waals surface area contributed by atoms with Gasteiger partial charge in [0, 0.05) is 24.3 Å². The van der Waals surface area contributed by atoms with Gasteiger partial charge in [0.25, 0.3) is 0 Å². The average Bonchev–Trinajstić information content (AvgIpc) is 2.80. The molecule has 4 nitrogen and oxygen atoms in total. The molecule has 18 heavy (non-hydrogen) atoms. The molecular formula is C13H16ClN3O. The van der Waals surface area contributed by atoms with E-state index in [0.29, 0.717) is 18.2 Å². The fraction of sp³-hybridized carbons (Fsp3) is 0.308. The van der Waals surface area contributed by atoms with Crippen molar-refractivity contribution in [3.63, 3.8) is 0 Å². The summed E-state index contributed by atoms with van der Waals surface area (Å²) < 4.78 is 7.73. The Morgan fingerprint density at radius 2 is 2.06 bits per heavy atom. The van der Waals surface area contributed by atoms with Crippen molar-refractivity contribution in [1.82, 2.24) is 9.55 Å². The van der Waals surface area contributed by atoms with Crippen molar-refractivity contribution >= 4 is 11.6 Å². The zero-order chi connectivity index (χ0) is 13.0. The summed E-state index contributed by atoms with van der Waals surface area (Å²) >= 11 is 5.81. The van der Waals surface area contributed by atoms with Crippen LogP contribution in [0.4, 0.5) is 0 Å². The number of benzene rings is 1. The van der Waals surface area contributed by atoms with Crippen LogP contribution in [0.5, 0.6) is 5.75 Å². The molecule has 0 aliphatic heterocycles. The highest BCUT2D eigenvalue weighted by Gasteiger charge is 2.07. The van der Waals surface area contributed by atoms with Gasteiger partial charge in [0.2, 0.25) is 0 Å². The van der Waals surface area contributed by atoms with Gasteiger partial charge >= 0.3 is 0 Å². The van der Waals surface area contributed by atoms with E-state index in [1.54, 1.807) is 18.3 Å². The molecule has 1 aromatic heterocycles. The Morgan fingerprint density at radius 3 is 2.67 bits per heavy atom. The number of hydrogen-bond donors (Lipinski definition) is 1. The van der Waals surface area contributed by atoms with E-state index in [1.807, 2.05) is 12.1 Å². The fourth-order valence-electron chi connectivity index (χ4n) is 1.80. The molecule has 96 valence electrons. The van der Waals surface area contributed by atoms with E-state index >= 15 is 0 Å². The SMILES string of the molecule is CCn1c(CN)cnc1COc1ccc(Cl)cc1. The van der Waals surface area contributed by atoms with Gasteiger partial charge in [-0.2, -0.15) is 0 Å². The smallest absolute Gasteiger partial charge is 0.147 e. The molecule has 0 aliphatic rings. The Bertz CT molecular complexity index is 507. The highest BCUT2D eigenvalue weighted by molar-refractivity contribution is 6.30. The second kappa shape index (κ2) is 5.89. The molecule has 0 unspecified atom stereocenters. The molecule has 1 aromatic carbocycles. The molecular weight excluding hydrogens is 250 g/mol. The van der Waals surface area contributed by atoms with Crippen molar-refractivity contribution in [3.8, 4) is 5.75 Å². The molecule has 1 heterocycles. The minimum absolute atomic E-state index is 0.426. The topological polar surface area (TPSA) is 53.1 Å². The summed E-state index contributed by atoms with van der Waals surface area (Å²) in [7, 11) is 0. The largest absolute Gasteiger partial charge is 0.486 e. The number of ether oxygens (including phenoxy) is 1. The van der Waals surface area contributed by atoms with Crippen LogP contribution in [-0.2, 0) is 19.7 Å². The lowest BCUT2D eigenvalue weighted by atomic mass is 10.3. The second-order valence-corrected chi connectivity index (χ2v) is 4.29. The first-order chi connectivity index (χ1) is 8.74. The number of hydrogen-bond acceptors (Lipinski definition) is 3. The van der Waals surface area contributed by atoms with Gasteiger partial charge < -0.3 is 15.0 Å². The number of aromatic nitrogens is 2. The summed E-state index contributed by atoms with van der Waals surface area (Å²) in [6, 6.07) is 7.28. The molecule has 2 N–H and O–H groups in total. The van der Waals surface area contributed by atoms with Crippen LogP contribution < -0.4 is 10.5 Å². The minimum atomic E-state index is 0.426. The maximum absolute atomic E-state index is 5.81. The first-order valence-corrected chi connectivity index (χ1v) is 6.24. The van der Waals surface area contributed by atoms with Crippen LogP contribution >= 0.6 is 11.6 Å². The molecule has 0 saturated heterocycles. The van der Waals surface area contributed by atoms with Gasteiger partial charge in [-0.25, -0.2) is 4.98 Å². The van der Waals surface area contributed by atoms with E-state index in [4.69, 9.17) is 22.1 Å². The fourth-order valence-corrected chi connectivity index (χ4v) is 1.92. The molecule has 0 amide bonds. The second-order valence-electron chi connectivity index (χ2n) is 3.86. The molecule has 0 bridgehead atoms. The molecule has 0 radical (unpaired) electrons. The van der Waals surface area contributed by atoms with E-state index in [0.717, 1.165) is 23.8 Å². The van der Waals surface area contributed by atoms with Crippen molar-refractivity contribution in [2.24, 2.45) is 5.73 Å². The van der Waals surface area contributed by atoms with Crippen LogP contribution in [0, 0.1) is 0 Å². The summed E-state index contributed by atoms with van der Waals surface area (Å²) in [4.78, 5) is 4.32. The summed E-state index contributed by atoms with van der Waals surface area (Å²) in [5.41, 5.74) is 6.67. The van der Waals surface area contributed by atoms with Gasteiger partial charge in [-0.1, -0.05) is 11.6 Å². The monoisotopic (exact) mass is 265 g/mol. The van der Waals surface area contributed by atoms with Crippen molar-refractivity contribution in [2.75, 3.05) is 0 Å². The zero-order valence-corrected chi connectivity index (χ0v) is 11.0. The van der Waals surface area contributed by atoms with Crippen LogP contribution in [0.25, 0.3) is 0 Å². The lowest BCUT2D eigenvalue weighted by Gasteiger charge is -2.09. The van der Waals surface area contributed by atoms with Crippen LogP contribution in [0.3, 0.4) is 0 Å². The maximum Gasteiger partial charge on any atom is 0.147 e. The molecule has 0 atom stereocenters. The number of imidazole rings is 1. The summed E-state index contributed by atoms with van der Waals surface area (Å²) in [6.45, 7) is 3.82. The van der Waals surface area contributed by atoms with Gasteiger partial charge in [-0.15, -0.1) is 0 Å². The third-order valence-electron chi connectivity index (χ3n) is 2.73. The predicted octanol–water partition coefficient (Wildman–Crippen LogP) is 2.59. The lowest BCUT2D eigenvalue weighted by Crippen LogP contribution is -2.11. The first-order valence-electron chi connectivity index (χ1n) is 5.86. The van der Waals surface area contributed by atoms with E-state index in [9.17, 15) is 0 Å². The van der Waals surface area contributed by atoms with Gasteiger partial charge in [0.1, 0.15) is 18.2 Å². The highest BCUT2D eigenvalue weighted by atomic mass is 35.5. The van der Waals surface area contributed by atoms with E-state index in [2.05, 4.69) is 16.5 Å². The first kappa shape index (κ1) is 12.9. The van der Waals surface area contributed by atoms with Crippen LogP contribution in [0.2, 0.25) is 5.02 Å². The van der Waals surface area contributed by atoms with Crippen molar-refractivity contribution < 1.29 is 4.74 Å². The lowest BCUT2D eigenvalue weighted by molar-refractivity contribution is 0.289. The number of nitrogens with two attached hydrogens (primary N) is 1. The standard InChI is InChI=1S/C13H16ClN3O/c1-2-17-11(7-15)8-16-13(17)9-18-12-5-3-10(14)4-6-12/h3-6,8H,2,7,9,15H2,1H3. The third kappa shape index (κ3) is 2.83. The van der Waals surface area contributed by atoms with Crippen LogP contribution in [-0.4, -0.2) is 9.55 Å². The van der Waals surface area contributed by atoms with Crippen LogP contribution in [0.15, 0.2) is 30.5 Å². The molecule has 2 rings (SSSR count). The summed E-state index contributed by atoms with van der Waals surface area (Å²) in [5, 5.41) is 0.697. The van der Waals surface area contributed by atoms with Gasteiger partial charge in [0.05, 0.1) is 5.69 Å². The Morgan fingerprint density at radius 1 is 1.33 bits per heavy atom. The highest BCUT2D eigenvalue weighted by Crippen LogP contribution is 2.17. The van der Waals surface area contributed by atoms with Gasteiger partial charge in [-0.3, -0.25) is 0 Å². The van der Waals surface area contributed by atoms with Crippen molar-refractivity contribution in [2.45, 2.75) is 26.6 Å². The molecule has 0 saturated carbocycles. The van der Waals surface area contributed by atoms with Crippen molar-refractivity contribution in [3.05, 3.63) is 47.0 Å². The molecule has 0 aliphatic carbocycles. The summed E-state index contributed by atoms with van der Waals surface area (Å²) in [6.07, 6.45) is 1.80. The van der Waals surface area contributed by atoms with Gasteiger partial charge in [0.15, 0.2) is 0 Å². The van der Waals surface area contributed by atoms with Crippen LogP contribution in [0.1, 0.15) is 18.4 Å². The van der Waals surface area contributed by atoms with Gasteiger partial charge in [-0.05, 0) is 31.2 Å². The predicted molar refractivity (Wildman–Crippen MR) is 71.6 cm³/mol. The normalized spacial score (nSPS) is 10.6. The summed E-state index contributed by atoms with van der Waals surface area (Å²) in [5.74, 6) is 1.66. The Labute approximate surface area is 111 Å². The average molecular weight is 266 g/mol. The third-order valence-corrected chi connectivity index (χ3v) is 2.98. The molecule has 0 spiro atoms. The van der Waals surface area contributed by atoms with E-state index in [-0.39, 0.29) is 0 Å². The number of nitrogens with zero attached hydrogens (tertiary/aromatic N) is 2. The quantitative estimate of drug-likeness (QED) is 0.904. The van der Waals surface area contributed by atoms with E-state index in [1.165, 1.54) is 0 Å². The Balaban J connectivity index is 2.06. The van der Waals surface area contributed by atoms with Crippen molar-refractivity contribution in [1.29, 1.82) is 0 Å². The molecule has 5 heteroatoms. The maximum atomic E-state index is 5.81. The minimum Gasteiger partial charge on any atom is -0.486 e. The zero-order valence-electron chi connectivity index (χ0n) is 10.3. The Hall–Kier alpha value is -1.52. The molecule has 2 aromatic rings. The van der Waals surface area contributed by atoms with E-state index < -0.39 is 0 Å². The molecule has 0 fully saturated rings.